The van der Waals surface area contributed by atoms with Crippen molar-refractivity contribution in [1.82, 2.24) is 0 Å². The van der Waals surface area contributed by atoms with Gasteiger partial charge in [-0.3, -0.25) is 0 Å². The summed E-state index contributed by atoms with van der Waals surface area (Å²) in [7, 11) is 0. The number of hydrogen-bond donors (Lipinski definition) is 1. The normalized spacial score (nSPS) is 12.3. The minimum absolute atomic E-state index is 0.287. The van der Waals surface area contributed by atoms with E-state index in [1.165, 1.54) is 25.9 Å². The Morgan fingerprint density at radius 3 is 2.32 bits per heavy atom. The molecule has 0 radical (unpaired) electrons. The minimum atomic E-state index is 0.287. The molecule has 0 spiro atoms. The Balaban J connectivity index is 2.24. The van der Waals surface area contributed by atoms with Gasteiger partial charge in [-0.1, -0.05) is 18.2 Å². The summed E-state index contributed by atoms with van der Waals surface area (Å²) in [6.07, 6.45) is 0. The van der Waals surface area contributed by atoms with Crippen LogP contribution in [0, 0.1) is 17.4 Å². The first kappa shape index (κ1) is 14.9. The SMILES string of the molecule is Cc1cc(C)c(NC(C)c2ccc(I)cc2)c(Br)c1. The van der Waals surface area contributed by atoms with Crippen LogP contribution in [0.15, 0.2) is 40.9 Å². The van der Waals surface area contributed by atoms with Crippen molar-refractivity contribution in [1.29, 1.82) is 0 Å². The standard InChI is InChI=1S/C16H17BrIN/c1-10-8-11(2)16(15(17)9-10)19-12(3)13-4-6-14(18)7-5-13/h4-9,12,19H,1-3H3. The molecule has 3 heteroatoms. The van der Waals surface area contributed by atoms with Gasteiger partial charge in [0.05, 0.1) is 5.69 Å². The minimum Gasteiger partial charge on any atom is -0.377 e. The van der Waals surface area contributed by atoms with E-state index in [0.29, 0.717) is 0 Å². The molecule has 1 atom stereocenters. The van der Waals surface area contributed by atoms with Gasteiger partial charge >= 0.3 is 0 Å². The molecule has 0 aliphatic carbocycles. The lowest BCUT2D eigenvalue weighted by molar-refractivity contribution is 0.880. The van der Waals surface area contributed by atoms with E-state index in [-0.39, 0.29) is 6.04 Å². The third-order valence-corrected chi connectivity index (χ3v) is 4.51. The second-order valence-electron chi connectivity index (χ2n) is 4.86. The fourth-order valence-electron chi connectivity index (χ4n) is 2.15. The Morgan fingerprint density at radius 2 is 1.74 bits per heavy atom. The summed E-state index contributed by atoms with van der Waals surface area (Å²) in [6.45, 7) is 6.44. The molecule has 0 aliphatic rings. The van der Waals surface area contributed by atoms with Crippen LogP contribution in [-0.4, -0.2) is 0 Å². The lowest BCUT2D eigenvalue weighted by Gasteiger charge is -2.19. The van der Waals surface area contributed by atoms with Gasteiger partial charge in [-0.05, 0) is 94.2 Å². The lowest BCUT2D eigenvalue weighted by Crippen LogP contribution is -2.08. The molecule has 2 aromatic rings. The number of nitrogens with one attached hydrogen (secondary N) is 1. The highest BCUT2D eigenvalue weighted by Gasteiger charge is 2.10. The monoisotopic (exact) mass is 429 g/mol. The molecule has 0 bridgehead atoms. The quantitative estimate of drug-likeness (QED) is 0.604. The highest BCUT2D eigenvalue weighted by molar-refractivity contribution is 14.1. The van der Waals surface area contributed by atoms with E-state index < -0.39 is 0 Å². The number of benzene rings is 2. The number of aryl methyl sites for hydroxylation is 2. The van der Waals surface area contributed by atoms with E-state index in [4.69, 9.17) is 0 Å². The summed E-state index contributed by atoms with van der Waals surface area (Å²) in [4.78, 5) is 0. The van der Waals surface area contributed by atoms with Crippen molar-refractivity contribution in [3.8, 4) is 0 Å². The van der Waals surface area contributed by atoms with Gasteiger partial charge in [0.1, 0.15) is 0 Å². The molecule has 1 N–H and O–H groups in total. The molecule has 2 aromatic carbocycles. The number of halogens is 2. The maximum atomic E-state index is 3.65. The second kappa shape index (κ2) is 6.27. The Morgan fingerprint density at radius 1 is 1.11 bits per heavy atom. The zero-order chi connectivity index (χ0) is 14.0. The van der Waals surface area contributed by atoms with Crippen molar-refractivity contribution in [2.75, 3.05) is 5.32 Å². The number of hydrogen-bond acceptors (Lipinski definition) is 1. The summed E-state index contributed by atoms with van der Waals surface area (Å²) in [6, 6.07) is 13.3. The average Bonchev–Trinajstić information content (AvgIpc) is 2.34. The fraction of sp³-hybridized carbons (Fsp3) is 0.250. The van der Waals surface area contributed by atoms with E-state index in [0.717, 1.165) is 4.47 Å². The molecule has 0 amide bonds. The predicted octanol–water partition coefficient (Wildman–Crippen LogP) is 5.84. The molecule has 0 heterocycles. The summed E-state index contributed by atoms with van der Waals surface area (Å²) in [5.74, 6) is 0. The molecule has 1 nitrogen and oxygen atoms in total. The number of anilines is 1. The second-order valence-corrected chi connectivity index (χ2v) is 6.96. The van der Waals surface area contributed by atoms with Crippen LogP contribution in [-0.2, 0) is 0 Å². The lowest BCUT2D eigenvalue weighted by atomic mass is 10.1. The highest BCUT2D eigenvalue weighted by atomic mass is 127. The van der Waals surface area contributed by atoms with Crippen molar-refractivity contribution in [2.45, 2.75) is 26.8 Å². The van der Waals surface area contributed by atoms with Gasteiger partial charge in [-0.2, -0.15) is 0 Å². The summed E-state index contributed by atoms with van der Waals surface area (Å²) < 4.78 is 2.39. The first-order valence-electron chi connectivity index (χ1n) is 6.26. The molecule has 100 valence electrons. The maximum Gasteiger partial charge on any atom is 0.0519 e. The first-order valence-corrected chi connectivity index (χ1v) is 8.13. The third kappa shape index (κ3) is 3.72. The van der Waals surface area contributed by atoms with Crippen LogP contribution in [0.2, 0.25) is 0 Å². The van der Waals surface area contributed by atoms with E-state index in [1.807, 2.05) is 0 Å². The largest absolute Gasteiger partial charge is 0.377 e. The van der Waals surface area contributed by atoms with Crippen LogP contribution < -0.4 is 5.32 Å². The predicted molar refractivity (Wildman–Crippen MR) is 94.8 cm³/mol. The van der Waals surface area contributed by atoms with Gasteiger partial charge in [-0.25, -0.2) is 0 Å². The zero-order valence-corrected chi connectivity index (χ0v) is 15.0. The Bertz CT molecular complexity index is 555. The van der Waals surface area contributed by atoms with Crippen molar-refractivity contribution in [3.63, 3.8) is 0 Å². The van der Waals surface area contributed by atoms with Crippen LogP contribution >= 0.6 is 38.5 Å². The van der Waals surface area contributed by atoms with Crippen LogP contribution in [0.5, 0.6) is 0 Å². The maximum absolute atomic E-state index is 3.65. The summed E-state index contributed by atoms with van der Waals surface area (Å²) in [5.41, 5.74) is 5.02. The van der Waals surface area contributed by atoms with Gasteiger partial charge < -0.3 is 5.32 Å². The zero-order valence-electron chi connectivity index (χ0n) is 11.3. The molecule has 1 unspecified atom stereocenters. The van der Waals surface area contributed by atoms with E-state index >= 15 is 0 Å². The van der Waals surface area contributed by atoms with Gasteiger partial charge in [0.25, 0.3) is 0 Å². The fourth-order valence-corrected chi connectivity index (χ4v) is 3.30. The third-order valence-electron chi connectivity index (χ3n) is 3.16. The van der Waals surface area contributed by atoms with Crippen molar-refractivity contribution in [3.05, 3.63) is 61.1 Å². The summed E-state index contributed by atoms with van der Waals surface area (Å²) >= 11 is 5.98. The van der Waals surface area contributed by atoms with Crippen LogP contribution in [0.3, 0.4) is 0 Å². The van der Waals surface area contributed by atoms with Gasteiger partial charge in [0.2, 0.25) is 0 Å². The van der Waals surface area contributed by atoms with E-state index in [1.54, 1.807) is 0 Å². The molecule has 0 aliphatic heterocycles. The highest BCUT2D eigenvalue weighted by Crippen LogP contribution is 2.31. The van der Waals surface area contributed by atoms with Crippen LogP contribution in [0.4, 0.5) is 5.69 Å². The molecule has 19 heavy (non-hydrogen) atoms. The molecule has 0 saturated carbocycles. The van der Waals surface area contributed by atoms with Crippen molar-refractivity contribution in [2.24, 2.45) is 0 Å². The smallest absolute Gasteiger partial charge is 0.0519 e. The first-order chi connectivity index (χ1) is 8.97. The molecule has 0 aromatic heterocycles. The topological polar surface area (TPSA) is 12.0 Å². The van der Waals surface area contributed by atoms with E-state index in [2.05, 4.69) is 101 Å². The summed E-state index contributed by atoms with van der Waals surface area (Å²) in [5, 5.41) is 3.59. The van der Waals surface area contributed by atoms with E-state index in [9.17, 15) is 0 Å². The molecular formula is C16H17BrIN. The van der Waals surface area contributed by atoms with Crippen LogP contribution in [0.25, 0.3) is 0 Å². The Labute approximate surface area is 137 Å². The number of rotatable bonds is 3. The molecule has 0 fully saturated rings. The Kier molecular flexibility index (Phi) is 4.90. The van der Waals surface area contributed by atoms with Gasteiger partial charge in [-0.15, -0.1) is 0 Å². The molecular weight excluding hydrogens is 413 g/mol. The van der Waals surface area contributed by atoms with Crippen molar-refractivity contribution >= 4 is 44.2 Å². The van der Waals surface area contributed by atoms with Gasteiger partial charge in [0.15, 0.2) is 0 Å². The Hall–Kier alpha value is -0.550. The molecule has 2 rings (SSSR count). The molecule has 0 saturated heterocycles. The average molecular weight is 430 g/mol. The van der Waals surface area contributed by atoms with Crippen LogP contribution in [0.1, 0.15) is 29.7 Å². The van der Waals surface area contributed by atoms with Crippen molar-refractivity contribution < 1.29 is 0 Å². The van der Waals surface area contributed by atoms with Gasteiger partial charge in [0, 0.05) is 14.1 Å².